The van der Waals surface area contributed by atoms with Crippen molar-refractivity contribution in [1.82, 2.24) is 0 Å². The molecule has 1 aliphatic heterocycles. The first-order chi connectivity index (χ1) is 16.0. The minimum atomic E-state index is -1.75. The number of rotatable bonds is 5. The van der Waals surface area contributed by atoms with Gasteiger partial charge in [-0.2, -0.15) is 0 Å². The van der Waals surface area contributed by atoms with Crippen molar-refractivity contribution in [2.24, 2.45) is 21.7 Å². The van der Waals surface area contributed by atoms with Crippen LogP contribution in [0, 0.1) is 21.7 Å². The first kappa shape index (κ1) is 31.8. The molecule has 0 saturated carbocycles. The number of hydrogen-bond acceptors (Lipinski definition) is 10. The molecule has 0 aliphatic carbocycles. The Hall–Kier alpha value is -2.20. The summed E-state index contributed by atoms with van der Waals surface area (Å²) in [4.78, 5) is 50.8. The standard InChI is InChI=1S/C26H44O10/c1-23(2,3)19(28)32-13-14-15(34-20(29)24(4,5)6)16(35-21(30)25(7,8)9)17(18(27)33-14)36-22(31)26(10,11)12/h14-18,27H,13H2,1-12H3/t14-,15-,16+,17+,18+/m1/s1. The Labute approximate surface area is 214 Å². The van der Waals surface area contributed by atoms with Crippen LogP contribution in [0.15, 0.2) is 0 Å². The highest BCUT2D eigenvalue weighted by molar-refractivity contribution is 5.78. The van der Waals surface area contributed by atoms with Crippen molar-refractivity contribution in [3.05, 3.63) is 0 Å². The number of esters is 4. The lowest BCUT2D eigenvalue weighted by Gasteiger charge is -2.44. The molecule has 36 heavy (non-hydrogen) atoms. The highest BCUT2D eigenvalue weighted by atomic mass is 16.7. The van der Waals surface area contributed by atoms with Crippen LogP contribution in [0.1, 0.15) is 83.1 Å². The maximum absolute atomic E-state index is 12.9. The summed E-state index contributed by atoms with van der Waals surface area (Å²) in [6, 6.07) is 0. The van der Waals surface area contributed by atoms with Crippen molar-refractivity contribution in [3.63, 3.8) is 0 Å². The molecule has 1 N–H and O–H groups in total. The molecule has 10 heteroatoms. The molecule has 0 amide bonds. The SMILES string of the molecule is CC(C)(C)C(=O)OC[C@H]1O[C@H](O)[C@@H](OC(=O)C(C)(C)C)[C@@H](OC(=O)C(C)(C)C)[C@@H]1OC(=O)C(C)(C)C. The zero-order valence-corrected chi connectivity index (χ0v) is 23.7. The van der Waals surface area contributed by atoms with Gasteiger partial charge in [-0.05, 0) is 83.1 Å². The quantitative estimate of drug-likeness (QED) is 0.429. The molecular weight excluding hydrogens is 472 g/mol. The van der Waals surface area contributed by atoms with Crippen molar-refractivity contribution >= 4 is 23.9 Å². The Morgan fingerprint density at radius 1 is 0.583 bits per heavy atom. The molecular formula is C26H44O10. The van der Waals surface area contributed by atoms with Crippen LogP contribution < -0.4 is 0 Å². The molecule has 208 valence electrons. The molecule has 0 aromatic carbocycles. The second-order valence-electron chi connectivity index (χ2n) is 13.3. The maximum Gasteiger partial charge on any atom is 0.311 e. The Morgan fingerprint density at radius 2 is 0.917 bits per heavy atom. The van der Waals surface area contributed by atoms with E-state index in [4.69, 9.17) is 23.7 Å². The fourth-order valence-corrected chi connectivity index (χ4v) is 2.71. The smallest absolute Gasteiger partial charge is 0.311 e. The molecule has 0 bridgehead atoms. The lowest BCUT2D eigenvalue weighted by atomic mass is 9.93. The number of carbonyl (C=O) groups is 4. The van der Waals surface area contributed by atoms with Gasteiger partial charge in [0.1, 0.15) is 12.7 Å². The zero-order chi connectivity index (χ0) is 28.4. The van der Waals surface area contributed by atoms with Gasteiger partial charge in [0.15, 0.2) is 24.6 Å². The molecule has 0 aromatic rings. The maximum atomic E-state index is 12.9. The van der Waals surface area contributed by atoms with Crippen LogP contribution in [0.2, 0.25) is 0 Å². The van der Waals surface area contributed by atoms with E-state index in [0.717, 1.165) is 0 Å². The summed E-state index contributed by atoms with van der Waals surface area (Å²) >= 11 is 0. The van der Waals surface area contributed by atoms with Gasteiger partial charge in [-0.15, -0.1) is 0 Å². The van der Waals surface area contributed by atoms with Crippen LogP contribution in [0.5, 0.6) is 0 Å². The van der Waals surface area contributed by atoms with Gasteiger partial charge in [-0.1, -0.05) is 0 Å². The summed E-state index contributed by atoms with van der Waals surface area (Å²) in [5.41, 5.74) is -3.68. The van der Waals surface area contributed by atoms with Crippen molar-refractivity contribution < 1.29 is 48.0 Å². The number of carbonyl (C=O) groups excluding carboxylic acids is 4. The highest BCUT2D eigenvalue weighted by Crippen LogP contribution is 2.33. The molecule has 10 nitrogen and oxygen atoms in total. The third kappa shape index (κ3) is 8.73. The normalized spacial score (nSPS) is 25.5. The van der Waals surface area contributed by atoms with Gasteiger partial charge >= 0.3 is 23.9 Å². The minimum Gasteiger partial charge on any atom is -0.462 e. The molecule has 1 aliphatic rings. The molecule has 1 saturated heterocycles. The molecule has 1 rings (SSSR count). The average Bonchev–Trinajstić information content (AvgIpc) is 2.67. The molecule has 0 radical (unpaired) electrons. The van der Waals surface area contributed by atoms with E-state index in [1.807, 2.05) is 0 Å². The van der Waals surface area contributed by atoms with Gasteiger partial charge < -0.3 is 28.8 Å². The summed E-state index contributed by atoms with van der Waals surface area (Å²) in [5.74, 6) is -2.57. The summed E-state index contributed by atoms with van der Waals surface area (Å²) in [7, 11) is 0. The van der Waals surface area contributed by atoms with Crippen LogP contribution in [-0.4, -0.2) is 66.3 Å². The number of hydrogen-bond donors (Lipinski definition) is 1. The van der Waals surface area contributed by atoms with Crippen LogP contribution in [0.4, 0.5) is 0 Å². The van der Waals surface area contributed by atoms with Crippen LogP contribution in [0.3, 0.4) is 0 Å². The van der Waals surface area contributed by atoms with Crippen LogP contribution in [0.25, 0.3) is 0 Å². The summed E-state index contributed by atoms with van der Waals surface area (Å²) in [6.45, 7) is 19.2. The van der Waals surface area contributed by atoms with Crippen molar-refractivity contribution in [1.29, 1.82) is 0 Å². The summed E-state index contributed by atoms with van der Waals surface area (Å²) < 4.78 is 28.0. The lowest BCUT2D eigenvalue weighted by Crippen LogP contribution is -2.63. The predicted molar refractivity (Wildman–Crippen MR) is 129 cm³/mol. The lowest BCUT2D eigenvalue weighted by molar-refractivity contribution is -0.300. The van der Waals surface area contributed by atoms with Crippen molar-refractivity contribution in [3.8, 4) is 0 Å². The topological polar surface area (TPSA) is 135 Å². The Kier molecular flexibility index (Phi) is 9.77. The summed E-state index contributed by atoms with van der Waals surface area (Å²) in [6.07, 6.45) is -7.25. The summed E-state index contributed by atoms with van der Waals surface area (Å²) in [5, 5.41) is 10.8. The fraction of sp³-hybridized carbons (Fsp3) is 0.846. The predicted octanol–water partition coefficient (Wildman–Crippen LogP) is 3.17. The van der Waals surface area contributed by atoms with Gasteiger partial charge in [0.05, 0.1) is 21.7 Å². The van der Waals surface area contributed by atoms with Gasteiger partial charge in [0.25, 0.3) is 0 Å². The average molecular weight is 517 g/mol. The monoisotopic (exact) mass is 516 g/mol. The van der Waals surface area contributed by atoms with E-state index < -0.39 is 82.8 Å². The first-order valence-electron chi connectivity index (χ1n) is 12.1. The number of aliphatic hydroxyl groups excluding tert-OH is 1. The molecule has 1 fully saturated rings. The van der Waals surface area contributed by atoms with Crippen molar-refractivity contribution in [2.75, 3.05) is 6.61 Å². The van der Waals surface area contributed by atoms with E-state index in [0.29, 0.717) is 0 Å². The second kappa shape index (κ2) is 11.0. The van der Waals surface area contributed by atoms with E-state index in [2.05, 4.69) is 0 Å². The third-order valence-corrected chi connectivity index (χ3v) is 5.17. The van der Waals surface area contributed by atoms with E-state index >= 15 is 0 Å². The Balaban J connectivity index is 3.50. The number of aliphatic hydroxyl groups is 1. The largest absolute Gasteiger partial charge is 0.462 e. The third-order valence-electron chi connectivity index (χ3n) is 5.17. The van der Waals surface area contributed by atoms with E-state index in [9.17, 15) is 24.3 Å². The molecule has 5 atom stereocenters. The molecule has 0 aromatic heterocycles. The first-order valence-corrected chi connectivity index (χ1v) is 12.1. The van der Waals surface area contributed by atoms with Crippen LogP contribution >= 0.6 is 0 Å². The Morgan fingerprint density at radius 3 is 1.28 bits per heavy atom. The molecule has 0 spiro atoms. The fourth-order valence-electron chi connectivity index (χ4n) is 2.71. The van der Waals surface area contributed by atoms with Gasteiger partial charge in [0.2, 0.25) is 0 Å². The van der Waals surface area contributed by atoms with Gasteiger partial charge in [-0.3, -0.25) is 19.2 Å². The van der Waals surface area contributed by atoms with E-state index in [1.54, 1.807) is 83.1 Å². The van der Waals surface area contributed by atoms with E-state index in [-0.39, 0.29) is 0 Å². The Bertz CT molecular complexity index is 820. The number of ether oxygens (including phenoxy) is 5. The van der Waals surface area contributed by atoms with Crippen LogP contribution in [-0.2, 0) is 42.9 Å². The van der Waals surface area contributed by atoms with Gasteiger partial charge in [-0.25, -0.2) is 0 Å². The molecule has 0 unspecified atom stereocenters. The van der Waals surface area contributed by atoms with Crippen molar-refractivity contribution in [2.45, 2.75) is 114 Å². The zero-order valence-electron chi connectivity index (χ0n) is 23.7. The highest BCUT2D eigenvalue weighted by Gasteiger charge is 2.54. The second-order valence-corrected chi connectivity index (χ2v) is 13.3. The van der Waals surface area contributed by atoms with E-state index in [1.165, 1.54) is 0 Å². The minimum absolute atomic E-state index is 0.404. The van der Waals surface area contributed by atoms with Gasteiger partial charge in [0, 0.05) is 0 Å². The molecule has 1 heterocycles.